The number of carbonyl (C=O) groups is 2. The van der Waals surface area contributed by atoms with E-state index in [-0.39, 0.29) is 17.4 Å². The Hall–Kier alpha value is -1.95. The smallest absolute Gasteiger partial charge is 0.305 e. The molecule has 1 saturated heterocycles. The van der Waals surface area contributed by atoms with Gasteiger partial charge >= 0.3 is 5.97 Å². The van der Waals surface area contributed by atoms with E-state index in [1.165, 1.54) is 4.90 Å². The fourth-order valence-corrected chi connectivity index (χ4v) is 2.22. The van der Waals surface area contributed by atoms with Crippen LogP contribution in [0.5, 0.6) is 0 Å². The summed E-state index contributed by atoms with van der Waals surface area (Å²) in [6.45, 7) is 1.87. The van der Waals surface area contributed by atoms with Crippen LogP contribution >= 0.6 is 12.2 Å². The standard InChI is InChI=1S/C12H12N2O3S/c1-7-4-2-3-5-9(7)14-11(17)8(6-10(15)16)13-12(14)18/h2-5,8H,6H2,1H3,(H,13,18)(H,15,16). The summed E-state index contributed by atoms with van der Waals surface area (Å²) < 4.78 is 0. The Morgan fingerprint density at radius 1 is 1.50 bits per heavy atom. The molecule has 1 aliphatic rings. The molecular weight excluding hydrogens is 252 g/mol. The summed E-state index contributed by atoms with van der Waals surface area (Å²) in [5, 5.41) is 11.7. The fourth-order valence-electron chi connectivity index (χ4n) is 1.89. The fraction of sp³-hybridized carbons (Fsp3) is 0.250. The molecule has 0 aromatic heterocycles. The van der Waals surface area contributed by atoms with Gasteiger partial charge in [-0.15, -0.1) is 0 Å². The van der Waals surface area contributed by atoms with Gasteiger partial charge in [-0.3, -0.25) is 14.5 Å². The van der Waals surface area contributed by atoms with E-state index in [1.807, 2.05) is 25.1 Å². The minimum atomic E-state index is -1.03. The van der Waals surface area contributed by atoms with Crippen molar-refractivity contribution < 1.29 is 14.7 Å². The van der Waals surface area contributed by atoms with E-state index in [1.54, 1.807) is 6.07 Å². The number of hydrogen-bond donors (Lipinski definition) is 2. The topological polar surface area (TPSA) is 69.6 Å². The van der Waals surface area contributed by atoms with Crippen molar-refractivity contribution in [2.45, 2.75) is 19.4 Å². The zero-order valence-corrected chi connectivity index (χ0v) is 10.5. The van der Waals surface area contributed by atoms with E-state index in [2.05, 4.69) is 5.32 Å². The van der Waals surface area contributed by atoms with E-state index >= 15 is 0 Å². The van der Waals surface area contributed by atoms with Crippen molar-refractivity contribution in [1.82, 2.24) is 5.32 Å². The summed E-state index contributed by atoms with van der Waals surface area (Å²) >= 11 is 5.09. The number of thiocarbonyl (C=S) groups is 1. The molecule has 0 saturated carbocycles. The van der Waals surface area contributed by atoms with Crippen LogP contribution in [0.2, 0.25) is 0 Å². The first-order chi connectivity index (χ1) is 8.50. The summed E-state index contributed by atoms with van der Waals surface area (Å²) in [5.41, 5.74) is 1.60. The van der Waals surface area contributed by atoms with E-state index in [0.717, 1.165) is 5.56 Å². The van der Waals surface area contributed by atoms with Crippen LogP contribution in [-0.4, -0.2) is 28.1 Å². The number of carboxylic acids is 1. The number of benzene rings is 1. The minimum Gasteiger partial charge on any atom is -0.481 e. The minimum absolute atomic E-state index is 0.251. The number of carboxylic acid groups (broad SMARTS) is 1. The van der Waals surface area contributed by atoms with Crippen molar-refractivity contribution in [2.24, 2.45) is 0 Å². The van der Waals surface area contributed by atoms with E-state index in [0.29, 0.717) is 5.69 Å². The van der Waals surface area contributed by atoms with Gasteiger partial charge in [-0.25, -0.2) is 0 Å². The molecule has 2 rings (SSSR count). The van der Waals surface area contributed by atoms with Gasteiger partial charge in [0, 0.05) is 0 Å². The first-order valence-corrected chi connectivity index (χ1v) is 5.83. The molecule has 2 N–H and O–H groups in total. The van der Waals surface area contributed by atoms with E-state index in [9.17, 15) is 9.59 Å². The average Bonchev–Trinajstić information content (AvgIpc) is 2.55. The van der Waals surface area contributed by atoms with E-state index < -0.39 is 12.0 Å². The zero-order valence-electron chi connectivity index (χ0n) is 9.71. The molecule has 94 valence electrons. The summed E-state index contributed by atoms with van der Waals surface area (Å²) in [7, 11) is 0. The molecular formula is C12H12N2O3S. The molecule has 0 aliphatic carbocycles. The number of aliphatic carboxylic acids is 1. The Balaban J connectivity index is 2.30. The Bertz CT molecular complexity index is 530. The third-order valence-electron chi connectivity index (χ3n) is 2.75. The van der Waals surface area contributed by atoms with Crippen molar-refractivity contribution in [2.75, 3.05) is 4.90 Å². The lowest BCUT2D eigenvalue weighted by Crippen LogP contribution is -2.32. The summed E-state index contributed by atoms with van der Waals surface area (Å²) in [5.74, 6) is -1.35. The highest BCUT2D eigenvalue weighted by atomic mass is 32.1. The first kappa shape index (κ1) is 12.5. The zero-order chi connectivity index (χ0) is 13.3. The van der Waals surface area contributed by atoms with Gasteiger partial charge in [0.15, 0.2) is 5.11 Å². The molecule has 5 nitrogen and oxygen atoms in total. The number of nitrogens with one attached hydrogen (secondary N) is 1. The van der Waals surface area contributed by atoms with Gasteiger partial charge in [-0.05, 0) is 30.8 Å². The van der Waals surface area contributed by atoms with Crippen molar-refractivity contribution in [3.8, 4) is 0 Å². The second kappa shape index (κ2) is 4.73. The molecule has 0 spiro atoms. The van der Waals surface area contributed by atoms with Gasteiger partial charge in [0.25, 0.3) is 5.91 Å². The third-order valence-corrected chi connectivity index (χ3v) is 3.05. The van der Waals surface area contributed by atoms with Gasteiger partial charge in [0.1, 0.15) is 6.04 Å². The molecule has 18 heavy (non-hydrogen) atoms. The van der Waals surface area contributed by atoms with Gasteiger partial charge in [-0.2, -0.15) is 0 Å². The van der Waals surface area contributed by atoms with Crippen LogP contribution in [0.3, 0.4) is 0 Å². The second-order valence-corrected chi connectivity index (χ2v) is 4.45. The summed E-state index contributed by atoms with van der Waals surface area (Å²) in [6.07, 6.45) is -0.276. The number of aryl methyl sites for hydroxylation is 1. The molecule has 1 aromatic carbocycles. The molecule has 6 heteroatoms. The van der Waals surface area contributed by atoms with Crippen LogP contribution in [0.1, 0.15) is 12.0 Å². The lowest BCUT2D eigenvalue weighted by Gasteiger charge is -2.17. The van der Waals surface area contributed by atoms with Crippen molar-refractivity contribution in [3.63, 3.8) is 0 Å². The van der Waals surface area contributed by atoms with Crippen LogP contribution in [0, 0.1) is 6.92 Å². The maximum absolute atomic E-state index is 12.1. The Labute approximate surface area is 109 Å². The quantitative estimate of drug-likeness (QED) is 0.799. The van der Waals surface area contributed by atoms with Gasteiger partial charge < -0.3 is 10.4 Å². The predicted octanol–water partition coefficient (Wildman–Crippen LogP) is 1.06. The number of hydrogen-bond acceptors (Lipinski definition) is 3. The predicted molar refractivity (Wildman–Crippen MR) is 70.4 cm³/mol. The summed E-state index contributed by atoms with van der Waals surface area (Å²) in [6, 6.07) is 6.54. The Kier molecular flexibility index (Phi) is 3.29. The highest BCUT2D eigenvalue weighted by Crippen LogP contribution is 2.24. The normalized spacial score (nSPS) is 18.9. The van der Waals surface area contributed by atoms with Crippen LogP contribution in [0.25, 0.3) is 0 Å². The Morgan fingerprint density at radius 3 is 2.78 bits per heavy atom. The SMILES string of the molecule is Cc1ccccc1N1C(=O)C(CC(=O)O)NC1=S. The van der Waals surface area contributed by atoms with Crippen LogP contribution in [0.4, 0.5) is 5.69 Å². The molecule has 1 amide bonds. The number of amides is 1. The molecule has 1 fully saturated rings. The number of carbonyl (C=O) groups excluding carboxylic acids is 1. The number of rotatable bonds is 3. The van der Waals surface area contributed by atoms with Gasteiger partial charge in [0.2, 0.25) is 0 Å². The number of anilines is 1. The van der Waals surface area contributed by atoms with Crippen LogP contribution in [0.15, 0.2) is 24.3 Å². The molecule has 0 radical (unpaired) electrons. The van der Waals surface area contributed by atoms with Gasteiger partial charge in [-0.1, -0.05) is 18.2 Å². The molecule has 1 atom stereocenters. The highest BCUT2D eigenvalue weighted by molar-refractivity contribution is 7.80. The molecule has 0 bridgehead atoms. The molecule has 1 unspecified atom stereocenters. The maximum Gasteiger partial charge on any atom is 0.305 e. The number of nitrogens with zero attached hydrogens (tertiary/aromatic N) is 1. The second-order valence-electron chi connectivity index (χ2n) is 4.06. The molecule has 1 aromatic rings. The highest BCUT2D eigenvalue weighted by Gasteiger charge is 2.37. The largest absolute Gasteiger partial charge is 0.481 e. The van der Waals surface area contributed by atoms with Crippen molar-refractivity contribution >= 4 is 34.9 Å². The van der Waals surface area contributed by atoms with Crippen molar-refractivity contribution in [1.29, 1.82) is 0 Å². The van der Waals surface area contributed by atoms with Crippen LogP contribution < -0.4 is 10.2 Å². The van der Waals surface area contributed by atoms with Crippen molar-refractivity contribution in [3.05, 3.63) is 29.8 Å². The Morgan fingerprint density at radius 2 is 2.17 bits per heavy atom. The van der Waals surface area contributed by atoms with Crippen LogP contribution in [-0.2, 0) is 9.59 Å². The third kappa shape index (κ3) is 2.19. The molecule has 1 heterocycles. The number of para-hydroxylation sites is 1. The van der Waals surface area contributed by atoms with E-state index in [4.69, 9.17) is 17.3 Å². The lowest BCUT2D eigenvalue weighted by atomic mass is 10.1. The molecule has 1 aliphatic heterocycles. The first-order valence-electron chi connectivity index (χ1n) is 5.42. The lowest BCUT2D eigenvalue weighted by molar-refractivity contribution is -0.139. The average molecular weight is 264 g/mol. The monoisotopic (exact) mass is 264 g/mol. The van der Waals surface area contributed by atoms with Gasteiger partial charge in [0.05, 0.1) is 12.1 Å². The maximum atomic E-state index is 12.1. The summed E-state index contributed by atoms with van der Waals surface area (Å²) in [4.78, 5) is 24.1.